The number of nitrogens with one attached hydrogen (secondary N) is 1. The van der Waals surface area contributed by atoms with E-state index < -0.39 is 0 Å². The van der Waals surface area contributed by atoms with E-state index in [-0.39, 0.29) is 17.8 Å². The van der Waals surface area contributed by atoms with Crippen molar-refractivity contribution < 1.29 is 9.18 Å². The van der Waals surface area contributed by atoms with Crippen molar-refractivity contribution in [1.29, 1.82) is 0 Å². The molecule has 1 aromatic carbocycles. The Hall–Kier alpha value is -1.42. The summed E-state index contributed by atoms with van der Waals surface area (Å²) in [6, 6.07) is 6.82. The van der Waals surface area contributed by atoms with Gasteiger partial charge < -0.3 is 5.32 Å². The number of hydrogen-bond acceptors (Lipinski definition) is 2. The molecule has 116 valence electrons. The topological polar surface area (TPSA) is 32.3 Å². The molecule has 4 heteroatoms. The summed E-state index contributed by atoms with van der Waals surface area (Å²) in [4.78, 5) is 14.4. The molecule has 0 bridgehead atoms. The van der Waals surface area contributed by atoms with E-state index >= 15 is 0 Å². The lowest BCUT2D eigenvalue weighted by molar-refractivity contribution is -0.126. The number of likely N-dealkylation sites (N-methyl/N-ethyl adjacent to an activating group) is 1. The summed E-state index contributed by atoms with van der Waals surface area (Å²) in [6.07, 6.45) is 5.87. The summed E-state index contributed by atoms with van der Waals surface area (Å²) in [6.45, 7) is 1.60. The first-order valence-electron chi connectivity index (χ1n) is 7.90. The van der Waals surface area contributed by atoms with Crippen LogP contribution in [-0.2, 0) is 11.2 Å². The lowest BCUT2D eigenvalue weighted by Gasteiger charge is -2.24. The van der Waals surface area contributed by atoms with Crippen molar-refractivity contribution in [3.63, 3.8) is 0 Å². The first-order valence-corrected chi connectivity index (χ1v) is 7.90. The third-order valence-corrected chi connectivity index (χ3v) is 4.20. The number of amides is 1. The number of aryl methyl sites for hydroxylation is 1. The van der Waals surface area contributed by atoms with Crippen molar-refractivity contribution in [2.45, 2.75) is 44.6 Å². The largest absolute Gasteiger partial charge is 0.355 e. The van der Waals surface area contributed by atoms with Crippen molar-refractivity contribution in [3.05, 3.63) is 35.6 Å². The van der Waals surface area contributed by atoms with Crippen molar-refractivity contribution in [2.75, 3.05) is 20.1 Å². The number of carbonyl (C=O) groups is 1. The smallest absolute Gasteiger partial charge is 0.237 e. The molecule has 0 spiro atoms. The van der Waals surface area contributed by atoms with Gasteiger partial charge in [-0.15, -0.1) is 0 Å². The van der Waals surface area contributed by atoms with E-state index in [0.29, 0.717) is 13.0 Å². The van der Waals surface area contributed by atoms with Crippen LogP contribution in [0.2, 0.25) is 0 Å². The van der Waals surface area contributed by atoms with E-state index in [0.717, 1.165) is 31.4 Å². The highest BCUT2D eigenvalue weighted by molar-refractivity contribution is 5.81. The first-order chi connectivity index (χ1) is 10.2. The average molecular weight is 292 g/mol. The SMILES string of the molecule is CN1CCCCC[C@H]1C(=O)NCCCc1ccccc1F. The summed E-state index contributed by atoms with van der Waals surface area (Å²) in [7, 11) is 2.02. The molecule has 1 heterocycles. The van der Waals surface area contributed by atoms with Crippen LogP contribution in [0.1, 0.15) is 37.7 Å². The molecule has 2 rings (SSSR count). The third-order valence-electron chi connectivity index (χ3n) is 4.20. The lowest BCUT2D eigenvalue weighted by atomic mass is 10.1. The van der Waals surface area contributed by atoms with E-state index in [2.05, 4.69) is 10.2 Å². The predicted molar refractivity (Wildman–Crippen MR) is 82.6 cm³/mol. The Morgan fingerprint density at radius 2 is 2.14 bits per heavy atom. The normalized spacial score (nSPS) is 20.0. The van der Waals surface area contributed by atoms with Crippen LogP contribution in [-0.4, -0.2) is 37.0 Å². The monoisotopic (exact) mass is 292 g/mol. The average Bonchev–Trinajstić information content (AvgIpc) is 2.69. The van der Waals surface area contributed by atoms with Crippen molar-refractivity contribution in [3.8, 4) is 0 Å². The molecule has 1 aliphatic heterocycles. The van der Waals surface area contributed by atoms with Gasteiger partial charge in [-0.2, -0.15) is 0 Å². The maximum Gasteiger partial charge on any atom is 0.237 e. The molecule has 0 unspecified atom stereocenters. The van der Waals surface area contributed by atoms with Gasteiger partial charge in [0.2, 0.25) is 5.91 Å². The van der Waals surface area contributed by atoms with Crippen LogP contribution < -0.4 is 5.32 Å². The van der Waals surface area contributed by atoms with E-state index in [1.54, 1.807) is 12.1 Å². The van der Waals surface area contributed by atoms with Gasteiger partial charge in [0, 0.05) is 6.54 Å². The van der Waals surface area contributed by atoms with Crippen LogP contribution in [0.3, 0.4) is 0 Å². The van der Waals surface area contributed by atoms with Gasteiger partial charge in [-0.1, -0.05) is 31.0 Å². The zero-order chi connectivity index (χ0) is 15.1. The van der Waals surface area contributed by atoms with Crippen LogP contribution >= 0.6 is 0 Å². The molecule has 0 aromatic heterocycles. The minimum absolute atomic E-state index is 0.000890. The first kappa shape index (κ1) is 16.0. The highest BCUT2D eigenvalue weighted by Crippen LogP contribution is 2.15. The van der Waals surface area contributed by atoms with Gasteiger partial charge in [-0.05, 0) is 50.9 Å². The minimum atomic E-state index is -0.160. The fourth-order valence-corrected chi connectivity index (χ4v) is 2.89. The Bertz CT molecular complexity index is 464. The molecular weight excluding hydrogens is 267 g/mol. The van der Waals surface area contributed by atoms with Gasteiger partial charge in [0.1, 0.15) is 5.82 Å². The van der Waals surface area contributed by atoms with Gasteiger partial charge in [-0.25, -0.2) is 4.39 Å². The summed E-state index contributed by atoms with van der Waals surface area (Å²) < 4.78 is 13.5. The standard InChI is InChI=1S/C17H25FN2O/c1-20-13-6-2-3-11-16(20)17(21)19-12-7-9-14-8-4-5-10-15(14)18/h4-5,8,10,16H,2-3,6-7,9,11-13H2,1H3,(H,19,21)/t16-/m0/s1. The van der Waals surface area contributed by atoms with Gasteiger partial charge in [0.25, 0.3) is 0 Å². The summed E-state index contributed by atoms with van der Waals surface area (Å²) in [5, 5.41) is 3.00. The Balaban J connectivity index is 1.72. The molecular formula is C17H25FN2O. The van der Waals surface area contributed by atoms with Gasteiger partial charge in [0.05, 0.1) is 6.04 Å². The molecule has 1 saturated heterocycles. The molecule has 0 radical (unpaired) electrons. The molecule has 0 saturated carbocycles. The van der Waals surface area contributed by atoms with Crippen LogP contribution in [0, 0.1) is 5.82 Å². The second-order valence-electron chi connectivity index (χ2n) is 5.83. The molecule has 1 N–H and O–H groups in total. The van der Waals surface area contributed by atoms with Crippen molar-refractivity contribution >= 4 is 5.91 Å². The molecule has 1 amide bonds. The molecule has 1 aliphatic rings. The Morgan fingerprint density at radius 3 is 2.95 bits per heavy atom. The van der Waals surface area contributed by atoms with Gasteiger partial charge >= 0.3 is 0 Å². The minimum Gasteiger partial charge on any atom is -0.355 e. The molecule has 1 atom stereocenters. The van der Waals surface area contributed by atoms with E-state index in [9.17, 15) is 9.18 Å². The second-order valence-corrected chi connectivity index (χ2v) is 5.83. The molecule has 0 aliphatic carbocycles. The number of likely N-dealkylation sites (tertiary alicyclic amines) is 1. The number of nitrogens with zero attached hydrogens (tertiary/aromatic N) is 1. The van der Waals surface area contributed by atoms with Gasteiger partial charge in [0.15, 0.2) is 0 Å². The van der Waals surface area contributed by atoms with Crippen molar-refractivity contribution in [2.24, 2.45) is 0 Å². The molecule has 21 heavy (non-hydrogen) atoms. The fraction of sp³-hybridized carbons (Fsp3) is 0.588. The lowest BCUT2D eigenvalue weighted by Crippen LogP contribution is -2.45. The fourth-order valence-electron chi connectivity index (χ4n) is 2.89. The molecule has 1 aromatic rings. The van der Waals surface area contributed by atoms with E-state index in [1.165, 1.54) is 18.9 Å². The maximum atomic E-state index is 13.5. The van der Waals surface area contributed by atoms with E-state index in [1.807, 2.05) is 13.1 Å². The molecule has 3 nitrogen and oxygen atoms in total. The second kappa shape index (κ2) is 8.13. The highest BCUT2D eigenvalue weighted by Gasteiger charge is 2.23. The van der Waals surface area contributed by atoms with Gasteiger partial charge in [-0.3, -0.25) is 9.69 Å². The number of halogens is 1. The third kappa shape index (κ3) is 4.81. The number of carbonyl (C=O) groups excluding carboxylic acids is 1. The zero-order valence-electron chi connectivity index (χ0n) is 12.8. The Morgan fingerprint density at radius 1 is 1.33 bits per heavy atom. The van der Waals surface area contributed by atoms with Crippen LogP contribution in [0.25, 0.3) is 0 Å². The number of hydrogen-bond donors (Lipinski definition) is 1. The summed E-state index contributed by atoms with van der Waals surface area (Å²) >= 11 is 0. The summed E-state index contributed by atoms with van der Waals surface area (Å²) in [5.41, 5.74) is 0.721. The van der Waals surface area contributed by atoms with Crippen LogP contribution in [0.15, 0.2) is 24.3 Å². The van der Waals surface area contributed by atoms with E-state index in [4.69, 9.17) is 0 Å². The quantitative estimate of drug-likeness (QED) is 0.846. The van der Waals surface area contributed by atoms with Crippen LogP contribution in [0.4, 0.5) is 4.39 Å². The Labute approximate surface area is 126 Å². The summed E-state index contributed by atoms with van der Waals surface area (Å²) in [5.74, 6) is -0.0414. The zero-order valence-corrected chi connectivity index (χ0v) is 12.8. The number of rotatable bonds is 5. The number of benzene rings is 1. The predicted octanol–water partition coefficient (Wildman–Crippen LogP) is 2.75. The Kier molecular flexibility index (Phi) is 6.18. The maximum absolute atomic E-state index is 13.5. The van der Waals surface area contributed by atoms with Crippen molar-refractivity contribution in [1.82, 2.24) is 10.2 Å². The molecule has 1 fully saturated rings. The van der Waals surface area contributed by atoms with Crippen LogP contribution in [0.5, 0.6) is 0 Å². The highest BCUT2D eigenvalue weighted by atomic mass is 19.1.